The van der Waals surface area contributed by atoms with Crippen LogP contribution in [-0.4, -0.2) is 28.6 Å². The summed E-state index contributed by atoms with van der Waals surface area (Å²) in [5.41, 5.74) is 13.1. The van der Waals surface area contributed by atoms with Gasteiger partial charge in [0.1, 0.15) is 22.5 Å². The molecular formula is C19H18Cl2N4O2. The van der Waals surface area contributed by atoms with Crippen LogP contribution in [0.5, 0.6) is 5.75 Å². The number of hydrogen-bond acceptors (Lipinski definition) is 3. The molecule has 8 heteroatoms. The largest absolute Gasteiger partial charge is 0.486 e. The molecule has 0 aliphatic carbocycles. The molecule has 2 aliphatic rings. The normalized spacial score (nSPS) is 25.4. The van der Waals surface area contributed by atoms with E-state index in [1.165, 1.54) is 0 Å². The van der Waals surface area contributed by atoms with E-state index in [4.69, 9.17) is 39.4 Å². The zero-order valence-electron chi connectivity index (χ0n) is 14.5. The lowest BCUT2D eigenvalue weighted by Gasteiger charge is -2.25. The van der Waals surface area contributed by atoms with Gasteiger partial charge in [-0.1, -0.05) is 35.4 Å². The fraction of sp³-hybridized carbons (Fsp3) is 0.211. The summed E-state index contributed by atoms with van der Waals surface area (Å²) in [6.07, 6.45) is 7.77. The van der Waals surface area contributed by atoms with E-state index in [0.717, 1.165) is 16.7 Å². The van der Waals surface area contributed by atoms with E-state index in [9.17, 15) is 4.79 Å². The number of alkyl halides is 1. The van der Waals surface area contributed by atoms with Gasteiger partial charge in [-0.05, 0) is 48.4 Å². The van der Waals surface area contributed by atoms with Crippen molar-refractivity contribution >= 4 is 45.8 Å². The van der Waals surface area contributed by atoms with Gasteiger partial charge >= 0.3 is 0 Å². The minimum atomic E-state index is -0.521. The Morgan fingerprint density at radius 3 is 2.89 bits per heavy atom. The van der Waals surface area contributed by atoms with E-state index in [-0.39, 0.29) is 12.1 Å². The predicted molar refractivity (Wildman–Crippen MR) is 109 cm³/mol. The second-order valence-corrected chi connectivity index (χ2v) is 6.97. The molecule has 2 heterocycles. The molecule has 1 aromatic carbocycles. The first kappa shape index (κ1) is 19.2. The van der Waals surface area contributed by atoms with E-state index < -0.39 is 11.4 Å². The van der Waals surface area contributed by atoms with Gasteiger partial charge in [-0.25, -0.2) is 0 Å². The Kier molecular flexibility index (Phi) is 5.68. The number of halogens is 2. The Morgan fingerprint density at radius 1 is 1.37 bits per heavy atom. The van der Waals surface area contributed by atoms with Crippen LogP contribution < -0.4 is 16.2 Å². The third-order valence-electron chi connectivity index (χ3n) is 3.97. The average Bonchev–Trinajstić information content (AvgIpc) is 2.57. The van der Waals surface area contributed by atoms with E-state index in [2.05, 4.69) is 9.98 Å². The van der Waals surface area contributed by atoms with Crippen molar-refractivity contribution in [1.29, 1.82) is 0 Å². The summed E-state index contributed by atoms with van der Waals surface area (Å²) < 4.78 is 5.87. The van der Waals surface area contributed by atoms with Crippen LogP contribution >= 0.6 is 23.2 Å². The molecular weight excluding hydrogens is 387 g/mol. The van der Waals surface area contributed by atoms with Gasteiger partial charge < -0.3 is 16.2 Å². The van der Waals surface area contributed by atoms with Crippen molar-refractivity contribution in [3.05, 3.63) is 59.2 Å². The first-order valence-electron chi connectivity index (χ1n) is 8.24. The van der Waals surface area contributed by atoms with Crippen molar-refractivity contribution < 1.29 is 9.53 Å². The number of aliphatic imine (C=N–C) groups is 2. The van der Waals surface area contributed by atoms with E-state index in [1.54, 1.807) is 24.3 Å². The Morgan fingerprint density at radius 2 is 2.15 bits per heavy atom. The number of carbonyl (C=O) groups is 1. The summed E-state index contributed by atoms with van der Waals surface area (Å²) in [5, 5.41) is 0.403. The maximum absolute atomic E-state index is 12.2. The quantitative estimate of drug-likeness (QED) is 0.341. The molecule has 0 radical (unpaired) electrons. The van der Waals surface area contributed by atoms with Gasteiger partial charge in [-0.15, -0.1) is 0 Å². The fourth-order valence-electron chi connectivity index (χ4n) is 2.88. The van der Waals surface area contributed by atoms with Crippen molar-refractivity contribution in [2.45, 2.75) is 24.9 Å². The molecule has 1 amide bonds. The summed E-state index contributed by atoms with van der Waals surface area (Å²) in [4.78, 5) is 20.0. The molecule has 0 spiro atoms. The molecule has 0 saturated carbocycles. The van der Waals surface area contributed by atoms with Crippen LogP contribution in [0.2, 0.25) is 0 Å². The standard InChI is InChI=1S/C19H18Cl2N4O2/c1-10-7-13(11-3-2-4-16(20)24-17(21)9-11)14-8-12(5-6-15(14)27-10)18(26)25-19(22)23/h2-8,10,16H,9H2,1H3,(H4,22,23,25,26)/b4-2?,11-3+,24-17+. The number of amides is 1. The summed E-state index contributed by atoms with van der Waals surface area (Å²) in [6.45, 7) is 1.94. The van der Waals surface area contributed by atoms with Crippen LogP contribution in [0.1, 0.15) is 29.3 Å². The molecule has 2 atom stereocenters. The van der Waals surface area contributed by atoms with Crippen LogP contribution in [-0.2, 0) is 0 Å². The van der Waals surface area contributed by atoms with Gasteiger partial charge in [0.2, 0.25) is 0 Å². The lowest BCUT2D eigenvalue weighted by atomic mass is 9.90. The topological polar surface area (TPSA) is 103 Å². The smallest absolute Gasteiger partial charge is 0.280 e. The molecule has 6 nitrogen and oxygen atoms in total. The number of rotatable bonds is 2. The first-order chi connectivity index (χ1) is 12.8. The number of allylic oxidation sites excluding steroid dienone is 4. The third kappa shape index (κ3) is 4.59. The number of nitrogens with zero attached hydrogens (tertiary/aromatic N) is 2. The van der Waals surface area contributed by atoms with Crippen molar-refractivity contribution in [3.8, 4) is 5.75 Å². The van der Waals surface area contributed by atoms with Crippen LogP contribution in [0.25, 0.3) is 5.57 Å². The lowest BCUT2D eigenvalue weighted by Crippen LogP contribution is -2.24. The van der Waals surface area contributed by atoms with E-state index in [0.29, 0.717) is 22.9 Å². The van der Waals surface area contributed by atoms with E-state index in [1.807, 2.05) is 25.2 Å². The zero-order chi connectivity index (χ0) is 19.6. The maximum Gasteiger partial charge on any atom is 0.280 e. The highest BCUT2D eigenvalue weighted by Gasteiger charge is 2.23. The molecule has 140 valence electrons. The van der Waals surface area contributed by atoms with Crippen LogP contribution in [0.4, 0.5) is 0 Å². The van der Waals surface area contributed by atoms with E-state index >= 15 is 0 Å². The summed E-state index contributed by atoms with van der Waals surface area (Å²) in [7, 11) is 0. The highest BCUT2D eigenvalue weighted by molar-refractivity contribution is 6.66. The Balaban J connectivity index is 2.06. The predicted octanol–water partition coefficient (Wildman–Crippen LogP) is 3.35. The second-order valence-electron chi connectivity index (χ2n) is 6.09. The van der Waals surface area contributed by atoms with Crippen molar-refractivity contribution in [3.63, 3.8) is 0 Å². The van der Waals surface area contributed by atoms with Gasteiger partial charge in [-0.3, -0.25) is 9.79 Å². The van der Waals surface area contributed by atoms with Crippen molar-refractivity contribution in [2.24, 2.45) is 21.5 Å². The summed E-state index contributed by atoms with van der Waals surface area (Å²) in [6, 6.07) is 5.07. The average molecular weight is 405 g/mol. The Hall–Kier alpha value is -2.57. The first-order valence-corrected chi connectivity index (χ1v) is 9.06. The van der Waals surface area contributed by atoms with Gasteiger partial charge in [0.25, 0.3) is 5.91 Å². The molecule has 4 N–H and O–H groups in total. The summed E-state index contributed by atoms with van der Waals surface area (Å²) in [5.74, 6) is -0.145. The number of ether oxygens (including phenoxy) is 1. The molecule has 0 aromatic heterocycles. The molecule has 2 unspecified atom stereocenters. The highest BCUT2D eigenvalue weighted by Crippen LogP contribution is 2.38. The zero-order valence-corrected chi connectivity index (χ0v) is 16.0. The minimum absolute atomic E-state index is 0.140. The molecule has 27 heavy (non-hydrogen) atoms. The number of fused-ring (bicyclic) bond motifs is 1. The lowest BCUT2D eigenvalue weighted by molar-refractivity contribution is 0.100. The highest BCUT2D eigenvalue weighted by atomic mass is 35.5. The number of guanidine groups is 1. The van der Waals surface area contributed by atoms with Gasteiger partial charge in [0.05, 0.1) is 0 Å². The Labute approximate surface area is 166 Å². The SMILES string of the molecule is CC1C=C(/C2=C/C=CC(Cl)/N=C(/Cl)C2)c2cc(C(=O)N=C(N)N)ccc2O1. The van der Waals surface area contributed by atoms with Crippen LogP contribution in [0.15, 0.2) is 58.1 Å². The number of carbonyl (C=O) groups excluding carboxylic acids is 1. The number of hydrogen-bond donors (Lipinski definition) is 2. The van der Waals surface area contributed by atoms with Crippen molar-refractivity contribution in [2.75, 3.05) is 0 Å². The minimum Gasteiger partial charge on any atom is -0.486 e. The van der Waals surface area contributed by atoms with Crippen molar-refractivity contribution in [1.82, 2.24) is 0 Å². The molecule has 0 bridgehead atoms. The summed E-state index contributed by atoms with van der Waals surface area (Å²) >= 11 is 12.3. The second kappa shape index (κ2) is 7.98. The maximum atomic E-state index is 12.2. The molecule has 1 aromatic rings. The fourth-order valence-corrected chi connectivity index (χ4v) is 3.38. The third-order valence-corrected chi connectivity index (χ3v) is 4.45. The Bertz CT molecular complexity index is 928. The monoisotopic (exact) mass is 404 g/mol. The van der Waals surface area contributed by atoms with Gasteiger partial charge in [0, 0.05) is 17.5 Å². The van der Waals surface area contributed by atoms with Crippen LogP contribution in [0, 0.1) is 0 Å². The van der Waals surface area contributed by atoms with Crippen LogP contribution in [0.3, 0.4) is 0 Å². The number of nitrogens with two attached hydrogens (primary N) is 2. The van der Waals surface area contributed by atoms with Gasteiger partial charge in [-0.2, -0.15) is 4.99 Å². The molecule has 0 saturated heterocycles. The molecule has 2 aliphatic heterocycles. The molecule has 3 rings (SSSR count). The number of benzene rings is 1. The van der Waals surface area contributed by atoms with Gasteiger partial charge in [0.15, 0.2) is 5.96 Å². The molecule has 0 fully saturated rings.